The van der Waals surface area contributed by atoms with E-state index in [4.69, 9.17) is 0 Å². The van der Waals surface area contributed by atoms with Crippen molar-refractivity contribution in [3.8, 4) is 0 Å². The van der Waals surface area contributed by atoms with E-state index in [2.05, 4.69) is 73.4 Å². The largest absolute Gasteiger partial charge is 0.329 e. The number of rotatable bonds is 6. The fraction of sp³-hybridized carbons (Fsp3) is 0.389. The van der Waals surface area contributed by atoms with Crippen molar-refractivity contribution < 1.29 is 0 Å². The van der Waals surface area contributed by atoms with Crippen LogP contribution in [-0.4, -0.2) is 18.6 Å². The second-order valence-corrected chi connectivity index (χ2v) is 5.56. The number of anilines is 2. The van der Waals surface area contributed by atoms with Crippen molar-refractivity contribution in [2.45, 2.75) is 33.7 Å². The lowest BCUT2D eigenvalue weighted by Crippen LogP contribution is -2.16. The molecule has 1 N–H and O–H groups in total. The maximum absolute atomic E-state index is 4.64. The summed E-state index contributed by atoms with van der Waals surface area (Å²) in [4.78, 5) is 6.78. The van der Waals surface area contributed by atoms with Gasteiger partial charge in [0.15, 0.2) is 0 Å². The lowest BCUT2D eigenvalue weighted by Gasteiger charge is -2.21. The summed E-state index contributed by atoms with van der Waals surface area (Å²) in [6.45, 7) is 8.33. The van der Waals surface area contributed by atoms with Crippen LogP contribution >= 0.6 is 0 Å². The van der Waals surface area contributed by atoms with Crippen molar-refractivity contribution in [3.05, 3.63) is 53.2 Å². The molecule has 0 saturated heterocycles. The summed E-state index contributed by atoms with van der Waals surface area (Å²) in [7, 11) is 2.06. The van der Waals surface area contributed by atoms with E-state index < -0.39 is 0 Å². The molecule has 0 spiro atoms. The van der Waals surface area contributed by atoms with Crippen molar-refractivity contribution in [2.75, 3.05) is 18.5 Å². The minimum absolute atomic E-state index is 0.885. The van der Waals surface area contributed by atoms with Crippen molar-refractivity contribution >= 4 is 11.5 Å². The Morgan fingerprint density at radius 1 is 1.14 bits per heavy atom. The number of hydrogen-bond donors (Lipinski definition) is 1. The van der Waals surface area contributed by atoms with Gasteiger partial charge in [-0.2, -0.15) is 0 Å². The van der Waals surface area contributed by atoms with E-state index >= 15 is 0 Å². The molecule has 0 unspecified atom stereocenters. The first-order valence-electron chi connectivity index (χ1n) is 7.58. The van der Waals surface area contributed by atoms with E-state index in [9.17, 15) is 0 Å². The van der Waals surface area contributed by atoms with Crippen LogP contribution in [0.5, 0.6) is 0 Å². The number of nitrogens with one attached hydrogen (secondary N) is 1. The SMILES string of the molecule is CCCNCc1cnc(N(C)c2ccc(C)cc2)c(C)c1. The van der Waals surface area contributed by atoms with Gasteiger partial charge < -0.3 is 10.2 Å². The van der Waals surface area contributed by atoms with Crippen molar-refractivity contribution in [3.63, 3.8) is 0 Å². The van der Waals surface area contributed by atoms with E-state index in [0.717, 1.165) is 31.0 Å². The van der Waals surface area contributed by atoms with Crippen LogP contribution in [0.4, 0.5) is 11.5 Å². The smallest absolute Gasteiger partial charge is 0.135 e. The fourth-order valence-electron chi connectivity index (χ4n) is 2.37. The van der Waals surface area contributed by atoms with Crippen molar-refractivity contribution in [1.29, 1.82) is 0 Å². The molecule has 3 nitrogen and oxygen atoms in total. The summed E-state index contributed by atoms with van der Waals surface area (Å²) >= 11 is 0. The van der Waals surface area contributed by atoms with Crippen LogP contribution in [0, 0.1) is 13.8 Å². The monoisotopic (exact) mass is 283 g/mol. The van der Waals surface area contributed by atoms with E-state index in [1.54, 1.807) is 0 Å². The van der Waals surface area contributed by atoms with E-state index in [-0.39, 0.29) is 0 Å². The molecule has 1 aromatic carbocycles. The van der Waals surface area contributed by atoms with Crippen LogP contribution in [0.25, 0.3) is 0 Å². The first kappa shape index (κ1) is 15.5. The average molecular weight is 283 g/mol. The van der Waals surface area contributed by atoms with Gasteiger partial charge in [-0.15, -0.1) is 0 Å². The number of aryl methyl sites for hydroxylation is 2. The fourth-order valence-corrected chi connectivity index (χ4v) is 2.37. The molecule has 0 atom stereocenters. The second kappa shape index (κ2) is 7.23. The topological polar surface area (TPSA) is 28.2 Å². The predicted molar refractivity (Wildman–Crippen MR) is 90.2 cm³/mol. The Morgan fingerprint density at radius 3 is 2.48 bits per heavy atom. The van der Waals surface area contributed by atoms with Gasteiger partial charge in [-0.3, -0.25) is 0 Å². The first-order valence-corrected chi connectivity index (χ1v) is 7.58. The highest BCUT2D eigenvalue weighted by Gasteiger charge is 2.09. The van der Waals surface area contributed by atoms with Crippen LogP contribution in [0.3, 0.4) is 0 Å². The third-order valence-electron chi connectivity index (χ3n) is 3.60. The van der Waals surface area contributed by atoms with E-state index in [1.165, 1.54) is 16.7 Å². The van der Waals surface area contributed by atoms with Gasteiger partial charge in [-0.05, 0) is 56.1 Å². The summed E-state index contributed by atoms with van der Waals surface area (Å²) < 4.78 is 0. The highest BCUT2D eigenvalue weighted by molar-refractivity contribution is 5.62. The molecule has 1 heterocycles. The van der Waals surface area contributed by atoms with Crippen LogP contribution in [0.15, 0.2) is 36.5 Å². The molecule has 0 aliphatic carbocycles. The van der Waals surface area contributed by atoms with Crippen molar-refractivity contribution in [2.24, 2.45) is 0 Å². The molecule has 0 radical (unpaired) electrons. The van der Waals surface area contributed by atoms with Crippen LogP contribution in [-0.2, 0) is 6.54 Å². The molecule has 0 saturated carbocycles. The molecular weight excluding hydrogens is 258 g/mol. The molecule has 1 aromatic heterocycles. The molecule has 0 aliphatic heterocycles. The van der Waals surface area contributed by atoms with Gasteiger partial charge >= 0.3 is 0 Å². The van der Waals surface area contributed by atoms with Gasteiger partial charge in [-0.1, -0.05) is 24.6 Å². The van der Waals surface area contributed by atoms with Gasteiger partial charge in [0.05, 0.1) is 0 Å². The van der Waals surface area contributed by atoms with Gasteiger partial charge in [0.2, 0.25) is 0 Å². The van der Waals surface area contributed by atoms with Crippen LogP contribution in [0.2, 0.25) is 0 Å². The zero-order chi connectivity index (χ0) is 15.2. The Labute approximate surface area is 128 Å². The Kier molecular flexibility index (Phi) is 5.34. The number of hydrogen-bond acceptors (Lipinski definition) is 3. The molecular formula is C18H25N3. The van der Waals surface area contributed by atoms with Gasteiger partial charge in [-0.25, -0.2) is 4.98 Å². The summed E-state index contributed by atoms with van der Waals surface area (Å²) in [6, 6.07) is 10.7. The molecule has 2 aromatic rings. The molecule has 0 amide bonds. The summed E-state index contributed by atoms with van der Waals surface area (Å²) in [5.74, 6) is 1.01. The quantitative estimate of drug-likeness (QED) is 0.813. The minimum Gasteiger partial charge on any atom is -0.329 e. The van der Waals surface area contributed by atoms with Gasteiger partial charge in [0.25, 0.3) is 0 Å². The maximum atomic E-state index is 4.64. The van der Waals surface area contributed by atoms with Gasteiger partial charge in [0.1, 0.15) is 5.82 Å². The maximum Gasteiger partial charge on any atom is 0.135 e. The lowest BCUT2D eigenvalue weighted by atomic mass is 10.1. The lowest BCUT2D eigenvalue weighted by molar-refractivity contribution is 0.673. The molecule has 3 heteroatoms. The Morgan fingerprint density at radius 2 is 1.86 bits per heavy atom. The zero-order valence-electron chi connectivity index (χ0n) is 13.5. The molecule has 112 valence electrons. The molecule has 2 rings (SSSR count). The van der Waals surface area contributed by atoms with Crippen LogP contribution in [0.1, 0.15) is 30.0 Å². The predicted octanol–water partition coefficient (Wildman–Crippen LogP) is 3.97. The summed E-state index contributed by atoms with van der Waals surface area (Å²) in [5, 5.41) is 3.41. The first-order chi connectivity index (χ1) is 10.1. The molecule has 0 aliphatic rings. The molecule has 0 bridgehead atoms. The summed E-state index contributed by atoms with van der Waals surface area (Å²) in [6.07, 6.45) is 3.12. The molecule has 21 heavy (non-hydrogen) atoms. The Balaban J connectivity index is 2.14. The third kappa shape index (κ3) is 4.05. The standard InChI is InChI=1S/C18H25N3/c1-5-10-19-12-16-11-15(3)18(20-13-16)21(4)17-8-6-14(2)7-9-17/h6-9,11,13,19H,5,10,12H2,1-4H3. The van der Waals surface area contributed by atoms with Crippen LogP contribution < -0.4 is 10.2 Å². The Hall–Kier alpha value is -1.87. The highest BCUT2D eigenvalue weighted by Crippen LogP contribution is 2.25. The number of aromatic nitrogens is 1. The normalized spacial score (nSPS) is 10.7. The van der Waals surface area contributed by atoms with Crippen molar-refractivity contribution in [1.82, 2.24) is 10.3 Å². The van der Waals surface area contributed by atoms with E-state index in [1.807, 2.05) is 6.20 Å². The minimum atomic E-state index is 0.885. The number of pyridine rings is 1. The number of nitrogens with zero attached hydrogens (tertiary/aromatic N) is 2. The average Bonchev–Trinajstić information content (AvgIpc) is 2.48. The number of benzene rings is 1. The summed E-state index contributed by atoms with van der Waals surface area (Å²) in [5.41, 5.74) is 4.87. The molecule has 0 fully saturated rings. The second-order valence-electron chi connectivity index (χ2n) is 5.56. The van der Waals surface area contributed by atoms with E-state index in [0.29, 0.717) is 0 Å². The highest BCUT2D eigenvalue weighted by atomic mass is 15.2. The van der Waals surface area contributed by atoms with Gasteiger partial charge in [0, 0.05) is 25.5 Å². The third-order valence-corrected chi connectivity index (χ3v) is 3.60. The Bertz CT molecular complexity index is 576. The zero-order valence-corrected chi connectivity index (χ0v) is 13.5.